The van der Waals surface area contributed by atoms with Gasteiger partial charge in [-0.3, -0.25) is 9.48 Å². The van der Waals surface area contributed by atoms with E-state index in [1.165, 1.54) is 0 Å². The highest BCUT2D eigenvalue weighted by Gasteiger charge is 2.27. The number of anilines is 1. The highest BCUT2D eigenvalue weighted by molar-refractivity contribution is 14.0. The number of rotatable bonds is 5. The summed E-state index contributed by atoms with van der Waals surface area (Å²) in [6.07, 6.45) is 3.56. The monoisotopic (exact) mass is 501 g/mol. The summed E-state index contributed by atoms with van der Waals surface area (Å²) in [5.74, 6) is 1.77. The number of hydrogen-bond donors (Lipinski definition) is 1. The van der Waals surface area contributed by atoms with E-state index in [0.717, 1.165) is 23.7 Å². The molecule has 1 N–H and O–H groups in total. The van der Waals surface area contributed by atoms with Gasteiger partial charge in [0.1, 0.15) is 13.1 Å². The van der Waals surface area contributed by atoms with E-state index in [1.807, 2.05) is 31.1 Å². The fourth-order valence-corrected chi connectivity index (χ4v) is 2.93. The van der Waals surface area contributed by atoms with Crippen molar-refractivity contribution < 1.29 is 9.32 Å². The fraction of sp³-hybridized carbons (Fsp3) is 0.556. The largest absolute Gasteiger partial charge is 0.359 e. The molecule has 0 spiro atoms. The smallest absolute Gasteiger partial charge is 0.246 e. The molecule has 0 aliphatic carbocycles. The van der Waals surface area contributed by atoms with Crippen molar-refractivity contribution in [1.29, 1.82) is 0 Å². The first kappa shape index (κ1) is 22.2. The molecule has 0 bridgehead atoms. The maximum absolute atomic E-state index is 12.6. The van der Waals surface area contributed by atoms with Crippen molar-refractivity contribution in [3.8, 4) is 0 Å². The van der Waals surface area contributed by atoms with Crippen LogP contribution in [0.4, 0.5) is 5.69 Å². The Morgan fingerprint density at radius 1 is 1.39 bits per heavy atom. The van der Waals surface area contributed by atoms with E-state index in [4.69, 9.17) is 4.52 Å². The van der Waals surface area contributed by atoms with Gasteiger partial charge in [-0.25, -0.2) is 4.99 Å². The first-order valence-corrected chi connectivity index (χ1v) is 9.25. The molecule has 10 heteroatoms. The van der Waals surface area contributed by atoms with Crippen molar-refractivity contribution in [1.82, 2.24) is 25.2 Å². The Bertz CT molecular complexity index is 814. The number of aliphatic imine (C=N–C) groups is 1. The summed E-state index contributed by atoms with van der Waals surface area (Å²) in [5.41, 5.74) is 1.75. The van der Waals surface area contributed by atoms with Crippen molar-refractivity contribution in [3.05, 3.63) is 29.9 Å². The highest BCUT2D eigenvalue weighted by Crippen LogP contribution is 2.17. The molecule has 0 atom stereocenters. The van der Waals surface area contributed by atoms with E-state index in [9.17, 15) is 4.79 Å². The summed E-state index contributed by atoms with van der Waals surface area (Å²) in [5, 5.41) is 11.5. The average molecular weight is 501 g/mol. The predicted octanol–water partition coefficient (Wildman–Crippen LogP) is 1.96. The maximum Gasteiger partial charge on any atom is 0.246 e. The minimum absolute atomic E-state index is 0. The molecular weight excluding hydrogens is 473 g/mol. The van der Waals surface area contributed by atoms with Crippen molar-refractivity contribution in [2.24, 2.45) is 12.0 Å². The van der Waals surface area contributed by atoms with Crippen LogP contribution in [0.25, 0.3) is 0 Å². The zero-order valence-electron chi connectivity index (χ0n) is 16.8. The second-order valence-electron chi connectivity index (χ2n) is 6.88. The van der Waals surface area contributed by atoms with Crippen LogP contribution < -0.4 is 10.2 Å². The quantitative estimate of drug-likeness (QED) is 0.383. The van der Waals surface area contributed by atoms with Crippen LogP contribution in [0.3, 0.4) is 0 Å². The number of nitrogens with one attached hydrogen (secondary N) is 1. The lowest BCUT2D eigenvalue weighted by atomic mass is 10.1. The van der Waals surface area contributed by atoms with Crippen LogP contribution in [0.1, 0.15) is 38.1 Å². The third kappa shape index (κ3) is 5.24. The van der Waals surface area contributed by atoms with Crippen molar-refractivity contribution >= 4 is 41.5 Å². The molecule has 154 valence electrons. The number of carbonyl (C=O) groups excluding carboxylic acids is 1. The van der Waals surface area contributed by atoms with Gasteiger partial charge in [0.05, 0.1) is 17.6 Å². The van der Waals surface area contributed by atoms with Gasteiger partial charge in [0.25, 0.3) is 0 Å². The molecule has 28 heavy (non-hydrogen) atoms. The summed E-state index contributed by atoms with van der Waals surface area (Å²) in [6, 6.07) is 1.93. The van der Waals surface area contributed by atoms with E-state index >= 15 is 0 Å². The summed E-state index contributed by atoms with van der Waals surface area (Å²) in [6.45, 7) is 8.82. The molecule has 0 radical (unpaired) electrons. The number of aryl methyl sites for hydroxylation is 1. The van der Waals surface area contributed by atoms with Gasteiger partial charge in [-0.1, -0.05) is 19.0 Å². The molecule has 2 aromatic heterocycles. The molecule has 9 nitrogen and oxygen atoms in total. The topological polar surface area (TPSA) is 91.8 Å². The number of piperazine rings is 1. The number of carbonyl (C=O) groups is 1. The zero-order chi connectivity index (χ0) is 19.4. The summed E-state index contributed by atoms with van der Waals surface area (Å²) >= 11 is 0. The first-order valence-electron chi connectivity index (χ1n) is 9.25. The lowest BCUT2D eigenvalue weighted by molar-refractivity contribution is -0.120. The van der Waals surface area contributed by atoms with Gasteiger partial charge in [0.15, 0.2) is 11.7 Å². The van der Waals surface area contributed by atoms with Crippen LogP contribution in [0, 0.1) is 0 Å². The van der Waals surface area contributed by atoms with E-state index < -0.39 is 0 Å². The standard InChI is InChI=1S/C18H27N7O2.HI/c1-5-19-18(20-10-15-8-16(13(2)3)22-27-15)24-6-7-25(17(26)12-24)14-9-21-23(4)11-14;/h8-9,11,13H,5-7,10,12H2,1-4H3,(H,19,20);1H. The highest BCUT2D eigenvalue weighted by atomic mass is 127. The average Bonchev–Trinajstić information content (AvgIpc) is 3.27. The maximum atomic E-state index is 12.6. The molecule has 1 amide bonds. The second-order valence-corrected chi connectivity index (χ2v) is 6.88. The Labute approximate surface area is 182 Å². The first-order chi connectivity index (χ1) is 13.0. The van der Waals surface area contributed by atoms with Gasteiger partial charge in [-0.2, -0.15) is 5.10 Å². The Morgan fingerprint density at radius 3 is 2.75 bits per heavy atom. The summed E-state index contributed by atoms with van der Waals surface area (Å²) < 4.78 is 7.05. The van der Waals surface area contributed by atoms with Gasteiger partial charge in [-0.05, 0) is 12.8 Å². The number of aromatic nitrogens is 3. The lowest BCUT2D eigenvalue weighted by Crippen LogP contribution is -2.55. The normalized spacial score (nSPS) is 15.2. The van der Waals surface area contributed by atoms with Gasteiger partial charge >= 0.3 is 0 Å². The van der Waals surface area contributed by atoms with Gasteiger partial charge in [-0.15, -0.1) is 24.0 Å². The lowest BCUT2D eigenvalue weighted by Gasteiger charge is -2.35. The summed E-state index contributed by atoms with van der Waals surface area (Å²) in [7, 11) is 1.84. The molecule has 0 aromatic carbocycles. The molecule has 1 aliphatic heterocycles. The molecular formula is C18H28IN7O2. The minimum Gasteiger partial charge on any atom is -0.359 e. The Hall–Kier alpha value is -2.11. The predicted molar refractivity (Wildman–Crippen MR) is 118 cm³/mol. The van der Waals surface area contributed by atoms with Crippen molar-refractivity contribution in [2.45, 2.75) is 33.2 Å². The third-order valence-electron chi connectivity index (χ3n) is 4.41. The number of nitrogens with zero attached hydrogens (tertiary/aromatic N) is 6. The van der Waals surface area contributed by atoms with Gasteiger partial charge in [0.2, 0.25) is 5.91 Å². The van der Waals surface area contributed by atoms with Crippen LogP contribution >= 0.6 is 24.0 Å². The number of amides is 1. The molecule has 3 rings (SSSR count). The number of hydrogen-bond acceptors (Lipinski definition) is 5. The van der Waals surface area contributed by atoms with Crippen LogP contribution in [0.2, 0.25) is 0 Å². The molecule has 0 saturated carbocycles. The van der Waals surface area contributed by atoms with Crippen molar-refractivity contribution in [2.75, 3.05) is 31.1 Å². The molecule has 1 aliphatic rings. The van der Waals surface area contributed by atoms with Crippen LogP contribution in [0.15, 0.2) is 28.0 Å². The zero-order valence-corrected chi connectivity index (χ0v) is 19.1. The Morgan fingerprint density at radius 2 is 2.18 bits per heavy atom. The SMILES string of the molecule is CCNC(=NCc1cc(C(C)C)no1)N1CCN(c2cnn(C)c2)C(=O)C1.I. The van der Waals surface area contributed by atoms with Crippen LogP contribution in [0.5, 0.6) is 0 Å². The van der Waals surface area contributed by atoms with E-state index in [2.05, 4.69) is 34.4 Å². The van der Waals surface area contributed by atoms with E-state index in [1.54, 1.807) is 15.8 Å². The van der Waals surface area contributed by atoms with Gasteiger partial charge < -0.3 is 19.6 Å². The molecule has 2 aromatic rings. The van der Waals surface area contributed by atoms with E-state index in [0.29, 0.717) is 31.5 Å². The molecule has 0 unspecified atom stereocenters. The van der Waals surface area contributed by atoms with Crippen LogP contribution in [-0.4, -0.2) is 57.9 Å². The molecule has 3 heterocycles. The molecule has 1 fully saturated rings. The Kier molecular flexibility index (Phi) is 7.84. The van der Waals surface area contributed by atoms with Crippen LogP contribution in [-0.2, 0) is 18.4 Å². The third-order valence-corrected chi connectivity index (χ3v) is 4.41. The fourth-order valence-electron chi connectivity index (χ4n) is 2.93. The number of guanidine groups is 1. The van der Waals surface area contributed by atoms with Gasteiger partial charge in [0, 0.05) is 38.9 Å². The minimum atomic E-state index is 0. The Balaban J connectivity index is 0.00000280. The van der Waals surface area contributed by atoms with Crippen molar-refractivity contribution in [3.63, 3.8) is 0 Å². The van der Waals surface area contributed by atoms with E-state index in [-0.39, 0.29) is 36.4 Å². The number of halogens is 1. The summed E-state index contributed by atoms with van der Waals surface area (Å²) in [4.78, 5) is 21.0. The second kappa shape index (κ2) is 9.89. The molecule has 1 saturated heterocycles.